The van der Waals surface area contributed by atoms with E-state index in [2.05, 4.69) is 0 Å². The van der Waals surface area contributed by atoms with Gasteiger partial charge in [0.05, 0.1) is 13.2 Å². The molecule has 0 aromatic heterocycles. The molecule has 20 heavy (non-hydrogen) atoms. The van der Waals surface area contributed by atoms with Crippen molar-refractivity contribution in [3.05, 3.63) is 70.0 Å². The molecule has 2 aromatic rings. The molecule has 0 spiro atoms. The molecule has 2 nitrogen and oxygen atoms in total. The van der Waals surface area contributed by atoms with Crippen molar-refractivity contribution in [2.45, 2.75) is 13.2 Å². The number of benzene rings is 2. The highest BCUT2D eigenvalue weighted by atomic mass is 35.5. The van der Waals surface area contributed by atoms with Crippen molar-refractivity contribution >= 4 is 28.8 Å². The van der Waals surface area contributed by atoms with Gasteiger partial charge in [0.25, 0.3) is 0 Å². The Hall–Kier alpha value is -1.49. The van der Waals surface area contributed by atoms with Gasteiger partial charge in [0.15, 0.2) is 0 Å². The summed E-state index contributed by atoms with van der Waals surface area (Å²) < 4.78 is 19.1. The number of nitrogens with two attached hydrogens (primary N) is 1. The Morgan fingerprint density at radius 2 is 1.85 bits per heavy atom. The monoisotopic (exact) mass is 309 g/mol. The first-order valence-corrected chi connectivity index (χ1v) is 6.76. The van der Waals surface area contributed by atoms with Gasteiger partial charge in [-0.15, -0.1) is 0 Å². The molecule has 2 rings (SSSR count). The number of rotatable bonds is 5. The Balaban J connectivity index is 2.02. The molecule has 0 saturated carbocycles. The molecular weight excluding hydrogens is 297 g/mol. The standard InChI is InChI=1S/C15H13ClFNOS/c16-13-4-2-1-3-11(13)8-19-9-12-7-10(15(18)20)5-6-14(12)17/h1-7H,8-9H2,(H2,18,20). The molecule has 104 valence electrons. The van der Waals surface area contributed by atoms with E-state index in [1.807, 2.05) is 18.2 Å². The molecule has 0 aliphatic carbocycles. The second-order valence-corrected chi connectivity index (χ2v) is 5.10. The zero-order valence-corrected chi connectivity index (χ0v) is 12.2. The van der Waals surface area contributed by atoms with E-state index in [9.17, 15) is 4.39 Å². The molecule has 0 aliphatic rings. The summed E-state index contributed by atoms with van der Waals surface area (Å²) in [6, 6.07) is 11.9. The second-order valence-electron chi connectivity index (χ2n) is 4.25. The van der Waals surface area contributed by atoms with Crippen LogP contribution in [0, 0.1) is 5.82 Å². The van der Waals surface area contributed by atoms with E-state index in [1.165, 1.54) is 6.07 Å². The van der Waals surface area contributed by atoms with Crippen LogP contribution in [-0.2, 0) is 18.0 Å². The first-order valence-electron chi connectivity index (χ1n) is 5.97. The largest absolute Gasteiger partial charge is 0.389 e. The maximum Gasteiger partial charge on any atom is 0.128 e. The number of hydrogen-bond donors (Lipinski definition) is 1. The SMILES string of the molecule is NC(=S)c1ccc(F)c(COCc2ccccc2Cl)c1. The van der Waals surface area contributed by atoms with Crippen LogP contribution in [0.25, 0.3) is 0 Å². The van der Waals surface area contributed by atoms with Gasteiger partial charge in [0, 0.05) is 16.1 Å². The Labute approximate surface area is 127 Å². The second kappa shape index (κ2) is 6.79. The predicted molar refractivity (Wildman–Crippen MR) is 82.2 cm³/mol. The Bertz CT molecular complexity index is 633. The third-order valence-corrected chi connectivity index (χ3v) is 3.41. The number of thiocarbonyl (C=S) groups is 1. The maximum absolute atomic E-state index is 13.6. The van der Waals surface area contributed by atoms with Crippen molar-refractivity contribution in [3.8, 4) is 0 Å². The van der Waals surface area contributed by atoms with Crippen molar-refractivity contribution in [3.63, 3.8) is 0 Å². The molecule has 0 amide bonds. The fraction of sp³-hybridized carbons (Fsp3) is 0.133. The van der Waals surface area contributed by atoms with Crippen molar-refractivity contribution in [2.75, 3.05) is 0 Å². The smallest absolute Gasteiger partial charge is 0.128 e. The van der Waals surface area contributed by atoms with E-state index in [0.717, 1.165) is 5.56 Å². The van der Waals surface area contributed by atoms with Crippen LogP contribution in [0.5, 0.6) is 0 Å². The summed E-state index contributed by atoms with van der Waals surface area (Å²) >= 11 is 10.9. The molecule has 0 radical (unpaired) electrons. The van der Waals surface area contributed by atoms with E-state index in [-0.39, 0.29) is 17.4 Å². The molecular formula is C15H13ClFNOS. The summed E-state index contributed by atoms with van der Waals surface area (Å²) in [4.78, 5) is 0.234. The molecule has 0 aliphatic heterocycles. The van der Waals surface area contributed by atoms with Gasteiger partial charge in [0.1, 0.15) is 10.8 Å². The van der Waals surface area contributed by atoms with Crippen LogP contribution in [0.15, 0.2) is 42.5 Å². The summed E-state index contributed by atoms with van der Waals surface area (Å²) in [5.41, 5.74) is 7.43. The average Bonchev–Trinajstić information content (AvgIpc) is 2.42. The molecule has 0 saturated heterocycles. The summed E-state index contributed by atoms with van der Waals surface area (Å²) in [6.07, 6.45) is 0. The number of halogens is 2. The summed E-state index contributed by atoms with van der Waals surface area (Å²) in [5.74, 6) is -0.343. The van der Waals surface area contributed by atoms with Gasteiger partial charge in [-0.2, -0.15) is 0 Å². The van der Waals surface area contributed by atoms with Crippen molar-refractivity contribution in [1.29, 1.82) is 0 Å². The van der Waals surface area contributed by atoms with Gasteiger partial charge >= 0.3 is 0 Å². The minimum absolute atomic E-state index is 0.132. The molecule has 2 N–H and O–H groups in total. The Morgan fingerprint density at radius 1 is 1.15 bits per heavy atom. The highest BCUT2D eigenvalue weighted by Gasteiger charge is 2.06. The number of hydrogen-bond acceptors (Lipinski definition) is 2. The van der Waals surface area contributed by atoms with Gasteiger partial charge in [-0.1, -0.05) is 42.0 Å². The Morgan fingerprint density at radius 3 is 2.55 bits per heavy atom. The van der Waals surface area contributed by atoms with Crippen LogP contribution in [0.2, 0.25) is 5.02 Å². The van der Waals surface area contributed by atoms with Crippen LogP contribution < -0.4 is 5.73 Å². The highest BCUT2D eigenvalue weighted by Crippen LogP contribution is 2.17. The van der Waals surface area contributed by atoms with E-state index in [4.69, 9.17) is 34.3 Å². The Kier molecular flexibility index (Phi) is 5.06. The normalized spacial score (nSPS) is 10.5. The highest BCUT2D eigenvalue weighted by molar-refractivity contribution is 7.80. The quantitative estimate of drug-likeness (QED) is 0.853. The molecule has 2 aromatic carbocycles. The lowest BCUT2D eigenvalue weighted by Gasteiger charge is -2.08. The van der Waals surface area contributed by atoms with Crippen molar-refractivity contribution in [1.82, 2.24) is 0 Å². The van der Waals surface area contributed by atoms with Gasteiger partial charge in [-0.05, 0) is 29.8 Å². The lowest BCUT2D eigenvalue weighted by Crippen LogP contribution is -2.10. The fourth-order valence-corrected chi connectivity index (χ4v) is 2.04. The first kappa shape index (κ1) is 14.9. The first-order chi connectivity index (χ1) is 9.58. The number of ether oxygens (including phenoxy) is 1. The molecule has 0 fully saturated rings. The van der Waals surface area contributed by atoms with Gasteiger partial charge in [-0.3, -0.25) is 0 Å². The lowest BCUT2D eigenvalue weighted by molar-refractivity contribution is 0.105. The summed E-state index contributed by atoms with van der Waals surface area (Å²) in [5, 5.41) is 0.629. The van der Waals surface area contributed by atoms with Crippen LogP contribution >= 0.6 is 23.8 Å². The van der Waals surface area contributed by atoms with Gasteiger partial charge < -0.3 is 10.5 Å². The molecule has 5 heteroatoms. The topological polar surface area (TPSA) is 35.2 Å². The third kappa shape index (κ3) is 3.76. The molecule has 0 heterocycles. The van der Waals surface area contributed by atoms with E-state index < -0.39 is 0 Å². The van der Waals surface area contributed by atoms with E-state index >= 15 is 0 Å². The van der Waals surface area contributed by atoms with Crippen LogP contribution in [0.3, 0.4) is 0 Å². The van der Waals surface area contributed by atoms with Crippen LogP contribution in [0.1, 0.15) is 16.7 Å². The minimum Gasteiger partial charge on any atom is -0.389 e. The summed E-state index contributed by atoms with van der Waals surface area (Å²) in [6.45, 7) is 0.448. The molecule has 0 unspecified atom stereocenters. The van der Waals surface area contributed by atoms with Crippen LogP contribution in [0.4, 0.5) is 4.39 Å². The van der Waals surface area contributed by atoms with Gasteiger partial charge in [-0.25, -0.2) is 4.39 Å². The zero-order valence-electron chi connectivity index (χ0n) is 10.6. The van der Waals surface area contributed by atoms with Crippen molar-refractivity contribution in [2.24, 2.45) is 5.73 Å². The maximum atomic E-state index is 13.6. The minimum atomic E-state index is -0.343. The van der Waals surface area contributed by atoms with E-state index in [1.54, 1.807) is 18.2 Å². The third-order valence-electron chi connectivity index (χ3n) is 2.80. The molecule has 0 atom stereocenters. The van der Waals surface area contributed by atoms with Crippen LogP contribution in [-0.4, -0.2) is 4.99 Å². The molecule has 0 bridgehead atoms. The average molecular weight is 310 g/mol. The zero-order chi connectivity index (χ0) is 14.5. The fourth-order valence-electron chi connectivity index (χ4n) is 1.73. The lowest BCUT2D eigenvalue weighted by atomic mass is 10.1. The van der Waals surface area contributed by atoms with E-state index in [0.29, 0.717) is 22.8 Å². The van der Waals surface area contributed by atoms with Gasteiger partial charge in [0.2, 0.25) is 0 Å². The predicted octanol–water partition coefficient (Wildman–Crippen LogP) is 3.83. The van der Waals surface area contributed by atoms with Crippen molar-refractivity contribution < 1.29 is 9.13 Å². The summed E-state index contributed by atoms with van der Waals surface area (Å²) in [7, 11) is 0.